The topological polar surface area (TPSA) is 119 Å². The van der Waals surface area contributed by atoms with Crippen molar-refractivity contribution >= 4 is 23.5 Å². The van der Waals surface area contributed by atoms with Gasteiger partial charge in [-0.15, -0.1) is 0 Å². The number of hydrogen-bond donors (Lipinski definition) is 2. The van der Waals surface area contributed by atoms with Gasteiger partial charge in [0.15, 0.2) is 5.69 Å². The van der Waals surface area contributed by atoms with Crippen LogP contribution >= 0.6 is 0 Å². The summed E-state index contributed by atoms with van der Waals surface area (Å²) in [5.41, 5.74) is -0.275. The Bertz CT molecular complexity index is 793. The van der Waals surface area contributed by atoms with Crippen molar-refractivity contribution in [3.05, 3.63) is 47.3 Å². The summed E-state index contributed by atoms with van der Waals surface area (Å²) in [6.07, 6.45) is 0. The number of carbonyl (C=O) groups is 3. The summed E-state index contributed by atoms with van der Waals surface area (Å²) in [4.78, 5) is 34.7. The Balaban J connectivity index is 2.19. The van der Waals surface area contributed by atoms with Gasteiger partial charge in [-0.3, -0.25) is 9.59 Å². The predicted octanol–water partition coefficient (Wildman–Crippen LogP) is 2.08. The van der Waals surface area contributed by atoms with Crippen LogP contribution in [0.15, 0.2) is 34.9 Å². The lowest BCUT2D eigenvalue weighted by Crippen LogP contribution is -2.28. The lowest BCUT2D eigenvalue weighted by Gasteiger charge is -2.20. The van der Waals surface area contributed by atoms with E-state index in [0.717, 1.165) is 6.07 Å². The molecule has 8 nitrogen and oxygen atoms in total. The van der Waals surface area contributed by atoms with Gasteiger partial charge in [-0.25, -0.2) is 4.79 Å². The van der Waals surface area contributed by atoms with E-state index in [9.17, 15) is 19.5 Å². The molecule has 8 heteroatoms. The summed E-state index contributed by atoms with van der Waals surface area (Å²) < 4.78 is 9.19. The maximum Gasteiger partial charge on any atom is 0.376 e. The first-order valence-corrected chi connectivity index (χ1v) is 6.96. The molecule has 0 aliphatic carbocycles. The molecule has 0 spiro atoms. The molecule has 2 aromatic rings. The summed E-state index contributed by atoms with van der Waals surface area (Å²) >= 11 is 0. The maximum atomic E-state index is 12.1. The third kappa shape index (κ3) is 3.43. The van der Waals surface area contributed by atoms with Gasteiger partial charge in [-0.05, 0) is 31.5 Å². The van der Waals surface area contributed by atoms with Crippen LogP contribution in [-0.2, 0) is 14.9 Å². The van der Waals surface area contributed by atoms with E-state index in [1.165, 1.54) is 7.11 Å². The normalized spacial score (nSPS) is 11.0. The molecule has 0 radical (unpaired) electrons. The van der Waals surface area contributed by atoms with Crippen LogP contribution < -0.4 is 5.32 Å². The fraction of sp³-hybridized carbons (Fsp3) is 0.250. The van der Waals surface area contributed by atoms with Crippen LogP contribution in [0.25, 0.3) is 0 Å². The Morgan fingerprint density at radius 3 is 2.58 bits per heavy atom. The molecule has 0 unspecified atom stereocenters. The molecule has 1 aromatic heterocycles. The van der Waals surface area contributed by atoms with Gasteiger partial charge >= 0.3 is 11.9 Å². The Morgan fingerprint density at radius 2 is 1.96 bits per heavy atom. The third-order valence-corrected chi connectivity index (χ3v) is 3.51. The lowest BCUT2D eigenvalue weighted by molar-refractivity contribution is -0.142. The van der Waals surface area contributed by atoms with Crippen LogP contribution in [0.1, 0.15) is 40.5 Å². The zero-order valence-electron chi connectivity index (χ0n) is 13.3. The summed E-state index contributed by atoms with van der Waals surface area (Å²) in [5.74, 6) is -2.51. The zero-order chi connectivity index (χ0) is 17.9. The molecular formula is C16H16N2O6. The van der Waals surface area contributed by atoms with Crippen molar-refractivity contribution in [2.24, 2.45) is 0 Å². The van der Waals surface area contributed by atoms with E-state index in [4.69, 9.17) is 4.52 Å². The number of nitrogens with zero attached hydrogens (tertiary/aromatic N) is 1. The highest BCUT2D eigenvalue weighted by Crippen LogP contribution is 2.26. The van der Waals surface area contributed by atoms with Crippen LogP contribution in [0, 0.1) is 0 Å². The quantitative estimate of drug-likeness (QED) is 0.804. The van der Waals surface area contributed by atoms with Crippen molar-refractivity contribution in [1.82, 2.24) is 5.16 Å². The van der Waals surface area contributed by atoms with Gasteiger partial charge in [-0.1, -0.05) is 17.3 Å². The molecule has 0 bridgehead atoms. The number of nitrogens with one attached hydrogen (secondary N) is 1. The average Bonchev–Trinajstić information content (AvgIpc) is 3.04. The van der Waals surface area contributed by atoms with Gasteiger partial charge in [0.05, 0.1) is 12.5 Å². The summed E-state index contributed by atoms with van der Waals surface area (Å²) in [6.45, 7) is 3.13. The van der Waals surface area contributed by atoms with Crippen LogP contribution in [-0.4, -0.2) is 35.2 Å². The molecule has 0 fully saturated rings. The van der Waals surface area contributed by atoms with Gasteiger partial charge in [0.25, 0.3) is 5.91 Å². The molecule has 126 valence electrons. The summed E-state index contributed by atoms with van der Waals surface area (Å²) in [7, 11) is 1.18. The number of hydrogen-bond acceptors (Lipinski definition) is 6. The fourth-order valence-corrected chi connectivity index (χ4v) is 1.88. The smallest absolute Gasteiger partial charge is 0.376 e. The number of benzene rings is 1. The molecule has 1 heterocycles. The van der Waals surface area contributed by atoms with Gasteiger partial charge < -0.3 is 19.7 Å². The minimum atomic E-state index is -1.10. The predicted molar refractivity (Wildman–Crippen MR) is 82.9 cm³/mol. The molecular weight excluding hydrogens is 316 g/mol. The number of amides is 1. The second-order valence-electron chi connectivity index (χ2n) is 5.53. The molecule has 1 aromatic carbocycles. The maximum absolute atomic E-state index is 12.1. The van der Waals surface area contributed by atoms with Gasteiger partial charge in [0.1, 0.15) is 0 Å². The summed E-state index contributed by atoms with van der Waals surface area (Å²) in [6, 6.07) is 7.63. The van der Waals surface area contributed by atoms with Gasteiger partial charge in [-0.2, -0.15) is 0 Å². The first-order valence-electron chi connectivity index (χ1n) is 6.96. The van der Waals surface area contributed by atoms with Crippen LogP contribution in [0.3, 0.4) is 0 Å². The molecule has 2 rings (SSSR count). The number of carboxylic acids is 1. The second kappa shape index (κ2) is 6.53. The third-order valence-electron chi connectivity index (χ3n) is 3.51. The van der Waals surface area contributed by atoms with Crippen molar-refractivity contribution < 1.29 is 28.8 Å². The molecule has 1 amide bonds. The molecule has 0 aliphatic rings. The Labute approximate surface area is 137 Å². The van der Waals surface area contributed by atoms with Crippen molar-refractivity contribution in [2.45, 2.75) is 19.3 Å². The van der Waals surface area contributed by atoms with E-state index in [1.807, 2.05) is 0 Å². The molecule has 0 atom stereocenters. The number of carbonyl (C=O) groups excluding carboxylic acids is 2. The molecule has 0 aliphatic heterocycles. The van der Waals surface area contributed by atoms with E-state index < -0.39 is 23.3 Å². The second-order valence-corrected chi connectivity index (χ2v) is 5.53. The van der Waals surface area contributed by atoms with Crippen LogP contribution in [0.5, 0.6) is 0 Å². The van der Waals surface area contributed by atoms with Gasteiger partial charge in [0, 0.05) is 11.8 Å². The number of methoxy groups -OCH3 is 1. The number of anilines is 1. The fourth-order valence-electron chi connectivity index (χ4n) is 1.88. The number of ether oxygens (including phenoxy) is 1. The first-order chi connectivity index (χ1) is 11.3. The van der Waals surface area contributed by atoms with E-state index in [-0.39, 0.29) is 11.5 Å². The number of carboxylic acid groups (broad SMARTS) is 1. The van der Waals surface area contributed by atoms with E-state index >= 15 is 0 Å². The highest BCUT2D eigenvalue weighted by Gasteiger charge is 2.29. The van der Waals surface area contributed by atoms with Crippen molar-refractivity contribution in [3.8, 4) is 0 Å². The molecule has 0 saturated heterocycles. The first kappa shape index (κ1) is 17.2. The van der Waals surface area contributed by atoms with Crippen molar-refractivity contribution in [1.29, 1.82) is 0 Å². The minimum Gasteiger partial charge on any atom is -0.481 e. The number of esters is 1. The van der Waals surface area contributed by atoms with Crippen LogP contribution in [0.2, 0.25) is 0 Å². The molecule has 2 N–H and O–H groups in total. The Morgan fingerprint density at radius 1 is 1.25 bits per heavy atom. The standard InChI is InChI=1S/C16H16N2O6/c1-16(2,15(21)22)9-5-4-6-10(7-9)17-13(19)11-8-12(24-18-11)14(20)23-3/h4-8H,1-3H3,(H,17,19)(H,21,22). The lowest BCUT2D eigenvalue weighted by atomic mass is 9.84. The monoisotopic (exact) mass is 332 g/mol. The van der Waals surface area contributed by atoms with Gasteiger partial charge in [0.2, 0.25) is 5.76 Å². The highest BCUT2D eigenvalue weighted by atomic mass is 16.5. The average molecular weight is 332 g/mol. The molecule has 0 saturated carbocycles. The zero-order valence-corrected chi connectivity index (χ0v) is 13.3. The van der Waals surface area contributed by atoms with E-state index in [1.54, 1.807) is 38.1 Å². The Hall–Kier alpha value is -3.16. The van der Waals surface area contributed by atoms with Crippen molar-refractivity contribution in [2.75, 3.05) is 12.4 Å². The van der Waals surface area contributed by atoms with E-state index in [0.29, 0.717) is 11.3 Å². The largest absolute Gasteiger partial charge is 0.481 e. The Kier molecular flexibility index (Phi) is 4.68. The summed E-state index contributed by atoms with van der Waals surface area (Å²) in [5, 5.41) is 15.3. The highest BCUT2D eigenvalue weighted by molar-refractivity contribution is 6.04. The van der Waals surface area contributed by atoms with Crippen LogP contribution in [0.4, 0.5) is 5.69 Å². The minimum absolute atomic E-state index is 0.0988. The number of aliphatic carboxylic acids is 1. The van der Waals surface area contributed by atoms with E-state index in [2.05, 4.69) is 15.2 Å². The van der Waals surface area contributed by atoms with Crippen molar-refractivity contribution in [3.63, 3.8) is 0 Å². The molecule has 24 heavy (non-hydrogen) atoms. The number of aromatic nitrogens is 1. The SMILES string of the molecule is COC(=O)c1cc(C(=O)Nc2cccc(C(C)(C)C(=O)O)c2)no1. The number of rotatable bonds is 5.